The Labute approximate surface area is 128 Å². The second-order valence-electron chi connectivity index (χ2n) is 6.01. The first-order chi connectivity index (χ1) is 10.3. The zero-order valence-electron chi connectivity index (χ0n) is 12.7. The fraction of sp³-hybridized carbons (Fsp3) is 0.571. The van der Waals surface area contributed by atoms with E-state index in [4.69, 9.17) is 9.47 Å². The number of carbonyl (C=O) groups is 2. The van der Waals surface area contributed by atoms with Crippen LogP contribution in [0.4, 0.5) is 4.79 Å². The molecule has 0 aromatic carbocycles. The third kappa shape index (κ3) is 4.06. The SMILES string of the molecule is CC(C)(C)OC(=O)N1C[C@H](Oc2ccncn2)C[C@H]1C(=O)O. The van der Waals surface area contributed by atoms with Gasteiger partial charge in [0.25, 0.3) is 0 Å². The molecule has 0 aliphatic carbocycles. The molecular weight excluding hydrogens is 290 g/mol. The van der Waals surface area contributed by atoms with Crippen LogP contribution < -0.4 is 4.74 Å². The van der Waals surface area contributed by atoms with Crippen molar-refractivity contribution in [2.24, 2.45) is 0 Å². The molecule has 0 bridgehead atoms. The minimum absolute atomic E-state index is 0.135. The molecule has 120 valence electrons. The van der Waals surface area contributed by atoms with Gasteiger partial charge in [0.2, 0.25) is 5.88 Å². The molecule has 1 saturated heterocycles. The number of hydrogen-bond donors (Lipinski definition) is 1. The van der Waals surface area contributed by atoms with Crippen LogP contribution in [-0.4, -0.2) is 56.3 Å². The highest BCUT2D eigenvalue weighted by molar-refractivity contribution is 5.81. The predicted octanol–water partition coefficient (Wildman–Crippen LogP) is 1.32. The number of likely N-dealkylation sites (tertiary alicyclic amines) is 1. The number of hydrogen-bond acceptors (Lipinski definition) is 6. The molecule has 1 aliphatic rings. The van der Waals surface area contributed by atoms with Crippen molar-refractivity contribution in [1.29, 1.82) is 0 Å². The lowest BCUT2D eigenvalue weighted by atomic mass is 10.2. The summed E-state index contributed by atoms with van der Waals surface area (Å²) in [5.74, 6) is -0.741. The number of rotatable bonds is 3. The number of carboxylic acids is 1. The third-order valence-electron chi connectivity index (χ3n) is 3.02. The zero-order valence-corrected chi connectivity index (χ0v) is 12.7. The first kappa shape index (κ1) is 16.0. The summed E-state index contributed by atoms with van der Waals surface area (Å²) in [7, 11) is 0. The number of nitrogens with zero attached hydrogens (tertiary/aromatic N) is 3. The maximum Gasteiger partial charge on any atom is 0.411 e. The van der Waals surface area contributed by atoms with E-state index in [1.165, 1.54) is 17.4 Å². The van der Waals surface area contributed by atoms with Gasteiger partial charge < -0.3 is 14.6 Å². The number of ether oxygens (including phenoxy) is 2. The van der Waals surface area contributed by atoms with Crippen LogP contribution in [0.2, 0.25) is 0 Å². The van der Waals surface area contributed by atoms with Crippen molar-refractivity contribution in [1.82, 2.24) is 14.9 Å². The molecule has 0 unspecified atom stereocenters. The van der Waals surface area contributed by atoms with Gasteiger partial charge in [-0.05, 0) is 20.8 Å². The normalized spacial score (nSPS) is 21.5. The van der Waals surface area contributed by atoms with Crippen LogP contribution >= 0.6 is 0 Å². The van der Waals surface area contributed by atoms with Gasteiger partial charge in [0.05, 0.1) is 6.54 Å². The van der Waals surface area contributed by atoms with Crippen molar-refractivity contribution in [2.75, 3.05) is 6.54 Å². The summed E-state index contributed by atoms with van der Waals surface area (Å²) in [4.78, 5) is 32.4. The monoisotopic (exact) mass is 309 g/mol. The van der Waals surface area contributed by atoms with Gasteiger partial charge in [-0.25, -0.2) is 19.6 Å². The Hall–Kier alpha value is -2.38. The summed E-state index contributed by atoms with van der Waals surface area (Å²) >= 11 is 0. The molecule has 22 heavy (non-hydrogen) atoms. The highest BCUT2D eigenvalue weighted by Crippen LogP contribution is 2.24. The Balaban J connectivity index is 2.06. The molecule has 1 aromatic heterocycles. The van der Waals surface area contributed by atoms with Crippen LogP contribution in [0.3, 0.4) is 0 Å². The van der Waals surface area contributed by atoms with Crippen LogP contribution in [0.5, 0.6) is 5.88 Å². The van der Waals surface area contributed by atoms with Crippen LogP contribution in [0.1, 0.15) is 27.2 Å². The molecule has 2 heterocycles. The minimum Gasteiger partial charge on any atom is -0.480 e. The van der Waals surface area contributed by atoms with E-state index >= 15 is 0 Å². The Kier molecular flexibility index (Phi) is 4.48. The molecule has 1 fully saturated rings. The first-order valence-electron chi connectivity index (χ1n) is 6.91. The number of carboxylic acid groups (broad SMARTS) is 1. The molecule has 8 nitrogen and oxygen atoms in total. The standard InChI is InChI=1S/C14H19N3O5/c1-14(2,3)22-13(20)17-7-9(6-10(17)12(18)19)21-11-4-5-15-8-16-11/h4-5,8-10H,6-7H2,1-3H3,(H,18,19)/t9-,10+/m1/s1. The van der Waals surface area contributed by atoms with Gasteiger partial charge in [0.15, 0.2) is 0 Å². The summed E-state index contributed by atoms with van der Waals surface area (Å²) in [6, 6.07) is 0.605. The van der Waals surface area contributed by atoms with E-state index in [0.29, 0.717) is 5.88 Å². The van der Waals surface area contributed by atoms with Crippen molar-refractivity contribution in [3.05, 3.63) is 18.6 Å². The van der Waals surface area contributed by atoms with Crippen molar-refractivity contribution in [3.63, 3.8) is 0 Å². The number of carbonyl (C=O) groups excluding carboxylic acids is 1. The van der Waals surface area contributed by atoms with Gasteiger partial charge >= 0.3 is 12.1 Å². The van der Waals surface area contributed by atoms with Gasteiger partial charge in [0, 0.05) is 18.7 Å². The van der Waals surface area contributed by atoms with E-state index in [9.17, 15) is 14.7 Å². The summed E-state index contributed by atoms with van der Waals surface area (Å²) < 4.78 is 10.8. The van der Waals surface area contributed by atoms with Gasteiger partial charge in [-0.1, -0.05) is 0 Å². The van der Waals surface area contributed by atoms with Crippen molar-refractivity contribution in [3.8, 4) is 5.88 Å². The fourth-order valence-corrected chi connectivity index (χ4v) is 2.16. The Morgan fingerprint density at radius 1 is 1.41 bits per heavy atom. The molecule has 0 saturated carbocycles. The molecular formula is C14H19N3O5. The van der Waals surface area contributed by atoms with Crippen molar-refractivity contribution in [2.45, 2.75) is 44.9 Å². The fourth-order valence-electron chi connectivity index (χ4n) is 2.16. The topological polar surface area (TPSA) is 102 Å². The van der Waals surface area contributed by atoms with E-state index < -0.39 is 29.8 Å². The minimum atomic E-state index is -1.08. The number of amides is 1. The van der Waals surface area contributed by atoms with Gasteiger partial charge in [-0.2, -0.15) is 0 Å². The molecule has 2 atom stereocenters. The van der Waals surface area contributed by atoms with Crippen molar-refractivity contribution >= 4 is 12.1 Å². The summed E-state index contributed by atoms with van der Waals surface area (Å²) in [6.45, 7) is 5.32. The third-order valence-corrected chi connectivity index (χ3v) is 3.02. The van der Waals surface area contributed by atoms with Gasteiger partial charge in [0.1, 0.15) is 24.1 Å². The Morgan fingerprint density at radius 2 is 2.14 bits per heavy atom. The largest absolute Gasteiger partial charge is 0.480 e. The predicted molar refractivity (Wildman–Crippen MR) is 75.4 cm³/mol. The van der Waals surface area contributed by atoms with E-state index in [2.05, 4.69) is 9.97 Å². The Bertz CT molecular complexity index is 543. The lowest BCUT2D eigenvalue weighted by Crippen LogP contribution is -2.43. The second-order valence-corrected chi connectivity index (χ2v) is 6.01. The van der Waals surface area contributed by atoms with E-state index in [0.717, 1.165) is 0 Å². The molecule has 0 radical (unpaired) electrons. The molecule has 2 rings (SSSR count). The molecule has 1 aliphatic heterocycles. The zero-order chi connectivity index (χ0) is 16.3. The number of aliphatic carboxylic acids is 1. The smallest absolute Gasteiger partial charge is 0.411 e. The first-order valence-corrected chi connectivity index (χ1v) is 6.91. The van der Waals surface area contributed by atoms with Crippen LogP contribution in [0.15, 0.2) is 18.6 Å². The lowest BCUT2D eigenvalue weighted by molar-refractivity contribution is -0.142. The summed E-state index contributed by atoms with van der Waals surface area (Å²) in [5.41, 5.74) is -0.689. The van der Waals surface area contributed by atoms with Crippen LogP contribution in [0.25, 0.3) is 0 Å². The molecule has 8 heteroatoms. The average molecular weight is 309 g/mol. The maximum atomic E-state index is 12.1. The summed E-state index contributed by atoms with van der Waals surface area (Å²) in [5, 5.41) is 9.28. The highest BCUT2D eigenvalue weighted by Gasteiger charge is 2.42. The van der Waals surface area contributed by atoms with E-state index in [1.54, 1.807) is 26.8 Å². The highest BCUT2D eigenvalue weighted by atomic mass is 16.6. The quantitative estimate of drug-likeness (QED) is 0.898. The molecule has 1 N–H and O–H groups in total. The van der Waals surface area contributed by atoms with Crippen LogP contribution in [-0.2, 0) is 9.53 Å². The lowest BCUT2D eigenvalue weighted by Gasteiger charge is -2.26. The van der Waals surface area contributed by atoms with Gasteiger partial charge in [-0.3, -0.25) is 4.90 Å². The molecule has 0 spiro atoms. The van der Waals surface area contributed by atoms with E-state index in [-0.39, 0.29) is 13.0 Å². The maximum absolute atomic E-state index is 12.1. The average Bonchev–Trinajstić information content (AvgIpc) is 2.82. The van der Waals surface area contributed by atoms with Crippen LogP contribution in [0, 0.1) is 0 Å². The Morgan fingerprint density at radius 3 is 2.68 bits per heavy atom. The number of aromatic nitrogens is 2. The molecule has 1 amide bonds. The second kappa shape index (κ2) is 6.17. The van der Waals surface area contributed by atoms with Crippen molar-refractivity contribution < 1.29 is 24.2 Å². The summed E-state index contributed by atoms with van der Waals surface area (Å²) in [6.07, 6.45) is 1.93. The molecule has 1 aromatic rings. The van der Waals surface area contributed by atoms with Gasteiger partial charge in [-0.15, -0.1) is 0 Å². The van der Waals surface area contributed by atoms with E-state index in [1.807, 2.05) is 0 Å².